The summed E-state index contributed by atoms with van der Waals surface area (Å²) >= 11 is 4.80. The van der Waals surface area contributed by atoms with E-state index in [9.17, 15) is 9.90 Å². The topological polar surface area (TPSA) is 66.6 Å². The van der Waals surface area contributed by atoms with Crippen molar-refractivity contribution in [1.29, 1.82) is 0 Å². The van der Waals surface area contributed by atoms with Gasteiger partial charge in [-0.3, -0.25) is 4.79 Å². The molecule has 1 saturated heterocycles. The first kappa shape index (κ1) is 12.4. The lowest BCUT2D eigenvalue weighted by Gasteiger charge is -2.35. The predicted octanol–water partition coefficient (Wildman–Crippen LogP) is 0.138. The van der Waals surface area contributed by atoms with Crippen LogP contribution in [0, 0.1) is 11.8 Å². The number of piperidine rings is 1. The summed E-state index contributed by atoms with van der Waals surface area (Å²) in [6, 6.07) is 0. The number of amides is 1. The Morgan fingerprint density at radius 3 is 2.73 bits per heavy atom. The average Bonchev–Trinajstić information content (AvgIpc) is 2.19. The molecule has 0 aromatic heterocycles. The predicted molar refractivity (Wildman–Crippen MR) is 62.3 cm³/mol. The van der Waals surface area contributed by atoms with Gasteiger partial charge in [-0.2, -0.15) is 0 Å². The fourth-order valence-corrected chi connectivity index (χ4v) is 1.83. The minimum atomic E-state index is -0.401. The Hall–Kier alpha value is -0.680. The van der Waals surface area contributed by atoms with E-state index < -0.39 is 5.92 Å². The van der Waals surface area contributed by atoms with E-state index in [1.807, 2.05) is 6.92 Å². The van der Waals surface area contributed by atoms with Crippen molar-refractivity contribution in [1.82, 2.24) is 4.90 Å². The molecule has 1 aliphatic heterocycles. The van der Waals surface area contributed by atoms with E-state index in [0.29, 0.717) is 19.5 Å². The van der Waals surface area contributed by atoms with Crippen molar-refractivity contribution in [2.75, 3.05) is 13.1 Å². The number of likely N-dealkylation sites (tertiary alicyclic amines) is 1. The summed E-state index contributed by atoms with van der Waals surface area (Å²) in [5.41, 5.74) is 5.44. The van der Waals surface area contributed by atoms with E-state index in [0.717, 1.165) is 0 Å². The second-order valence-electron chi connectivity index (χ2n) is 4.24. The Morgan fingerprint density at radius 1 is 1.67 bits per heavy atom. The van der Waals surface area contributed by atoms with Gasteiger partial charge < -0.3 is 15.7 Å². The van der Waals surface area contributed by atoms with Crippen molar-refractivity contribution in [3.63, 3.8) is 0 Å². The number of aliphatic hydroxyl groups excluding tert-OH is 1. The van der Waals surface area contributed by atoms with Crippen LogP contribution in [-0.2, 0) is 4.79 Å². The van der Waals surface area contributed by atoms with E-state index in [2.05, 4.69) is 0 Å². The van der Waals surface area contributed by atoms with Gasteiger partial charge in [0.1, 0.15) is 0 Å². The van der Waals surface area contributed by atoms with Gasteiger partial charge in [-0.25, -0.2) is 0 Å². The van der Waals surface area contributed by atoms with Crippen LogP contribution in [0.25, 0.3) is 0 Å². The number of carbonyl (C=O) groups excluding carboxylic acids is 1. The number of carbonyl (C=O) groups is 1. The largest absolute Gasteiger partial charge is 0.393 e. The molecule has 4 nitrogen and oxygen atoms in total. The van der Waals surface area contributed by atoms with Crippen LogP contribution < -0.4 is 5.73 Å². The molecule has 1 heterocycles. The summed E-state index contributed by atoms with van der Waals surface area (Å²) in [5, 5.41) is 9.54. The fourth-order valence-electron chi connectivity index (χ4n) is 1.73. The van der Waals surface area contributed by atoms with Crippen molar-refractivity contribution in [2.24, 2.45) is 17.6 Å². The molecule has 86 valence electrons. The summed E-state index contributed by atoms with van der Waals surface area (Å²) in [6.45, 7) is 4.85. The molecule has 0 spiro atoms. The Bertz CT molecular complexity index is 270. The van der Waals surface area contributed by atoms with Gasteiger partial charge in [0, 0.05) is 13.1 Å². The van der Waals surface area contributed by atoms with Crippen molar-refractivity contribution >= 4 is 23.1 Å². The molecule has 0 aliphatic carbocycles. The minimum absolute atomic E-state index is 0.0266. The normalized spacial score (nSPS) is 28.6. The number of nitrogens with two attached hydrogens (primary N) is 1. The van der Waals surface area contributed by atoms with Crippen LogP contribution in [-0.4, -0.2) is 40.1 Å². The van der Waals surface area contributed by atoms with Gasteiger partial charge in [-0.1, -0.05) is 19.1 Å². The second kappa shape index (κ2) is 4.90. The molecule has 5 heteroatoms. The summed E-state index contributed by atoms with van der Waals surface area (Å²) in [4.78, 5) is 13.8. The highest BCUT2D eigenvalue weighted by atomic mass is 32.1. The third kappa shape index (κ3) is 2.89. The zero-order valence-electron chi connectivity index (χ0n) is 9.14. The van der Waals surface area contributed by atoms with Crippen LogP contribution in [0.1, 0.15) is 20.3 Å². The summed E-state index contributed by atoms with van der Waals surface area (Å²) in [6.07, 6.45) is 0.339. The van der Waals surface area contributed by atoms with E-state index >= 15 is 0 Å². The Kier molecular flexibility index (Phi) is 4.04. The molecule has 3 N–H and O–H groups in total. The number of hydrogen-bond acceptors (Lipinski definition) is 3. The molecule has 1 aliphatic rings. The highest BCUT2D eigenvalue weighted by molar-refractivity contribution is 7.80. The number of hydrogen-bond donors (Lipinski definition) is 2. The lowest BCUT2D eigenvalue weighted by atomic mass is 9.95. The van der Waals surface area contributed by atoms with E-state index in [1.54, 1.807) is 11.8 Å². The fraction of sp³-hybridized carbons (Fsp3) is 0.800. The zero-order chi connectivity index (χ0) is 11.6. The van der Waals surface area contributed by atoms with E-state index in [1.165, 1.54) is 0 Å². The minimum Gasteiger partial charge on any atom is -0.393 e. The van der Waals surface area contributed by atoms with E-state index in [4.69, 9.17) is 18.0 Å². The van der Waals surface area contributed by atoms with Gasteiger partial charge in [0.2, 0.25) is 5.91 Å². The van der Waals surface area contributed by atoms with Crippen molar-refractivity contribution < 1.29 is 9.90 Å². The summed E-state index contributed by atoms with van der Waals surface area (Å²) < 4.78 is 0. The average molecular weight is 230 g/mol. The first-order valence-corrected chi connectivity index (χ1v) is 5.60. The summed E-state index contributed by atoms with van der Waals surface area (Å²) in [7, 11) is 0. The maximum Gasteiger partial charge on any atom is 0.232 e. The van der Waals surface area contributed by atoms with Crippen LogP contribution in [0.15, 0.2) is 0 Å². The zero-order valence-corrected chi connectivity index (χ0v) is 9.96. The SMILES string of the molecule is CC(C(=O)N1CCC(O)C(C)C1)C(N)=S. The first-order chi connectivity index (χ1) is 6.93. The van der Waals surface area contributed by atoms with Crippen LogP contribution in [0.5, 0.6) is 0 Å². The van der Waals surface area contributed by atoms with Gasteiger partial charge in [-0.05, 0) is 19.3 Å². The van der Waals surface area contributed by atoms with Crippen LogP contribution in [0.4, 0.5) is 0 Å². The molecule has 1 amide bonds. The Morgan fingerprint density at radius 2 is 2.27 bits per heavy atom. The van der Waals surface area contributed by atoms with Gasteiger partial charge in [0.05, 0.1) is 17.0 Å². The molecule has 0 saturated carbocycles. The van der Waals surface area contributed by atoms with E-state index in [-0.39, 0.29) is 22.9 Å². The third-order valence-corrected chi connectivity index (χ3v) is 3.32. The number of thiocarbonyl (C=S) groups is 1. The smallest absolute Gasteiger partial charge is 0.232 e. The number of nitrogens with zero attached hydrogens (tertiary/aromatic N) is 1. The summed E-state index contributed by atoms with van der Waals surface area (Å²) in [5.74, 6) is -0.301. The molecule has 0 bridgehead atoms. The molecule has 15 heavy (non-hydrogen) atoms. The highest BCUT2D eigenvalue weighted by Crippen LogP contribution is 2.18. The number of aliphatic hydroxyl groups is 1. The maximum absolute atomic E-state index is 11.9. The van der Waals surface area contributed by atoms with Crippen molar-refractivity contribution in [3.05, 3.63) is 0 Å². The number of rotatable bonds is 2. The van der Waals surface area contributed by atoms with Gasteiger partial charge in [-0.15, -0.1) is 0 Å². The standard InChI is InChI=1S/C10H18N2O2S/c1-6-5-12(4-3-8(6)13)10(14)7(2)9(11)15/h6-8,13H,3-5H2,1-2H3,(H2,11,15). The van der Waals surface area contributed by atoms with Crippen LogP contribution in [0.2, 0.25) is 0 Å². The Balaban J connectivity index is 2.58. The molecular formula is C10H18N2O2S. The monoisotopic (exact) mass is 230 g/mol. The van der Waals surface area contributed by atoms with Crippen molar-refractivity contribution in [2.45, 2.75) is 26.4 Å². The highest BCUT2D eigenvalue weighted by Gasteiger charge is 2.30. The van der Waals surface area contributed by atoms with Crippen LogP contribution >= 0.6 is 12.2 Å². The maximum atomic E-state index is 11.9. The van der Waals surface area contributed by atoms with Gasteiger partial charge in [0.15, 0.2) is 0 Å². The lowest BCUT2D eigenvalue weighted by Crippen LogP contribution is -2.48. The van der Waals surface area contributed by atoms with Crippen LogP contribution in [0.3, 0.4) is 0 Å². The van der Waals surface area contributed by atoms with Gasteiger partial charge >= 0.3 is 0 Å². The molecular weight excluding hydrogens is 212 g/mol. The molecule has 0 aromatic carbocycles. The van der Waals surface area contributed by atoms with Gasteiger partial charge in [0.25, 0.3) is 0 Å². The molecule has 1 rings (SSSR count). The quantitative estimate of drug-likeness (QED) is 0.662. The molecule has 0 radical (unpaired) electrons. The molecule has 0 aromatic rings. The lowest BCUT2D eigenvalue weighted by molar-refractivity contribution is -0.136. The second-order valence-corrected chi connectivity index (χ2v) is 4.71. The Labute approximate surface area is 95.4 Å². The third-order valence-electron chi connectivity index (χ3n) is 2.97. The first-order valence-electron chi connectivity index (χ1n) is 5.19. The molecule has 1 fully saturated rings. The molecule has 3 atom stereocenters. The molecule has 3 unspecified atom stereocenters. The van der Waals surface area contributed by atoms with Crippen molar-refractivity contribution in [3.8, 4) is 0 Å².